The van der Waals surface area contributed by atoms with E-state index in [2.05, 4.69) is 4.72 Å². The molecule has 1 aromatic rings. The van der Waals surface area contributed by atoms with Gasteiger partial charge in [0.1, 0.15) is 12.4 Å². The van der Waals surface area contributed by atoms with Gasteiger partial charge in [0, 0.05) is 31.9 Å². The standard InChI is InChI=1S/C12H17N3O3S/c1-14(2)10-6-8-15(9-7-10)12(16)13-19(17,18)11-4-3-5-11/h6-9,11H,3-5H2,1-2H3/p+1. The normalized spacial score (nSPS) is 15.7. The summed E-state index contributed by atoms with van der Waals surface area (Å²) in [5.41, 5.74) is 0.936. The van der Waals surface area contributed by atoms with Gasteiger partial charge in [-0.15, -0.1) is 4.72 Å². The van der Waals surface area contributed by atoms with Crippen LogP contribution in [0.25, 0.3) is 0 Å². The van der Waals surface area contributed by atoms with Gasteiger partial charge in [0.2, 0.25) is 0 Å². The summed E-state index contributed by atoms with van der Waals surface area (Å²) in [6.07, 6.45) is 5.26. The SMILES string of the molecule is CN(C)c1cc[n+](C(=O)NS(=O)(=O)C2CCC2)cc1. The van der Waals surface area contributed by atoms with Gasteiger partial charge < -0.3 is 4.90 Å². The zero-order valence-corrected chi connectivity index (χ0v) is 11.9. The maximum Gasteiger partial charge on any atom is 0.511 e. The Labute approximate surface area is 113 Å². The van der Waals surface area contributed by atoms with Crippen LogP contribution in [-0.2, 0) is 10.0 Å². The zero-order chi connectivity index (χ0) is 14.0. The third-order valence-electron chi connectivity index (χ3n) is 3.28. The maximum atomic E-state index is 11.8. The van der Waals surface area contributed by atoms with Crippen molar-refractivity contribution in [3.8, 4) is 0 Å². The molecule has 19 heavy (non-hydrogen) atoms. The Balaban J connectivity index is 2.07. The second kappa shape index (κ2) is 5.16. The lowest BCUT2D eigenvalue weighted by atomic mass is 10.0. The lowest BCUT2D eigenvalue weighted by Crippen LogP contribution is -2.54. The molecule has 1 aromatic heterocycles. The highest BCUT2D eigenvalue weighted by atomic mass is 32.2. The highest BCUT2D eigenvalue weighted by molar-refractivity contribution is 7.90. The fraction of sp³-hybridized carbons (Fsp3) is 0.500. The van der Waals surface area contributed by atoms with Gasteiger partial charge in [-0.05, 0) is 12.8 Å². The summed E-state index contributed by atoms with van der Waals surface area (Å²) in [5, 5.41) is -0.418. The lowest BCUT2D eigenvalue weighted by molar-refractivity contribution is -0.570. The number of nitrogens with zero attached hydrogens (tertiary/aromatic N) is 2. The van der Waals surface area contributed by atoms with Crippen LogP contribution in [-0.4, -0.2) is 33.8 Å². The quantitative estimate of drug-likeness (QED) is 0.820. The summed E-state index contributed by atoms with van der Waals surface area (Å²) in [5.74, 6) is 0. The van der Waals surface area contributed by atoms with Crippen molar-refractivity contribution in [1.29, 1.82) is 0 Å². The van der Waals surface area contributed by atoms with Crippen LogP contribution in [0.5, 0.6) is 0 Å². The topological polar surface area (TPSA) is 70.4 Å². The summed E-state index contributed by atoms with van der Waals surface area (Å²) >= 11 is 0. The molecule has 1 aliphatic carbocycles. The van der Waals surface area contributed by atoms with Crippen LogP contribution in [0.2, 0.25) is 0 Å². The predicted molar refractivity (Wildman–Crippen MR) is 71.5 cm³/mol. The van der Waals surface area contributed by atoms with Crippen LogP contribution in [0.1, 0.15) is 19.3 Å². The monoisotopic (exact) mass is 284 g/mol. The van der Waals surface area contributed by atoms with E-state index in [0.717, 1.165) is 12.1 Å². The van der Waals surface area contributed by atoms with Gasteiger partial charge >= 0.3 is 16.1 Å². The number of hydrogen-bond donors (Lipinski definition) is 1. The van der Waals surface area contributed by atoms with Crippen molar-refractivity contribution in [1.82, 2.24) is 4.72 Å². The number of carbonyl (C=O) groups excluding carboxylic acids is 1. The van der Waals surface area contributed by atoms with E-state index in [1.807, 2.05) is 19.0 Å². The number of amides is 1. The smallest absolute Gasteiger partial charge is 0.377 e. The molecule has 0 aromatic carbocycles. The molecule has 0 saturated heterocycles. The van der Waals surface area contributed by atoms with Gasteiger partial charge in [0.15, 0.2) is 0 Å². The van der Waals surface area contributed by atoms with Crippen LogP contribution in [0.15, 0.2) is 24.5 Å². The number of carbonyl (C=O) groups is 1. The molecule has 0 bridgehead atoms. The van der Waals surface area contributed by atoms with Crippen molar-refractivity contribution < 1.29 is 17.8 Å². The van der Waals surface area contributed by atoms with Crippen LogP contribution >= 0.6 is 0 Å². The van der Waals surface area contributed by atoms with Crippen molar-refractivity contribution >= 4 is 21.7 Å². The number of sulfonamides is 1. The summed E-state index contributed by atoms with van der Waals surface area (Å²) in [6, 6.07) is 2.85. The number of pyridine rings is 1. The molecule has 0 spiro atoms. The van der Waals surface area contributed by atoms with Crippen molar-refractivity contribution in [2.45, 2.75) is 24.5 Å². The Morgan fingerprint density at radius 3 is 2.32 bits per heavy atom. The van der Waals surface area contributed by atoms with Crippen molar-refractivity contribution in [2.24, 2.45) is 0 Å². The number of nitrogens with one attached hydrogen (secondary N) is 1. The minimum Gasteiger partial charge on any atom is -0.377 e. The summed E-state index contributed by atoms with van der Waals surface area (Å²) < 4.78 is 27.0. The number of rotatable bonds is 3. The molecule has 0 aliphatic heterocycles. The molecule has 1 aliphatic rings. The molecule has 7 heteroatoms. The van der Waals surface area contributed by atoms with Gasteiger partial charge in [0.25, 0.3) is 0 Å². The average molecular weight is 284 g/mol. The summed E-state index contributed by atoms with van der Waals surface area (Å²) in [6.45, 7) is 0. The largest absolute Gasteiger partial charge is 0.511 e. The Bertz CT molecular complexity index is 562. The zero-order valence-electron chi connectivity index (χ0n) is 11.0. The molecule has 1 N–H and O–H groups in total. The highest BCUT2D eigenvalue weighted by Gasteiger charge is 2.36. The van der Waals surface area contributed by atoms with Crippen LogP contribution < -0.4 is 14.2 Å². The molecule has 0 atom stereocenters. The third kappa shape index (κ3) is 3.04. The van der Waals surface area contributed by atoms with E-state index in [4.69, 9.17) is 0 Å². The predicted octanol–water partition coefficient (Wildman–Crippen LogP) is 0.480. The lowest BCUT2D eigenvalue weighted by Gasteiger charge is -2.22. The van der Waals surface area contributed by atoms with Gasteiger partial charge in [-0.25, -0.2) is 0 Å². The van der Waals surface area contributed by atoms with E-state index >= 15 is 0 Å². The molecule has 1 heterocycles. The number of aromatic nitrogens is 1. The number of anilines is 1. The fourth-order valence-corrected chi connectivity index (χ4v) is 3.26. The maximum absolute atomic E-state index is 11.8. The molecule has 0 radical (unpaired) electrons. The minimum atomic E-state index is -3.53. The van der Waals surface area contributed by atoms with E-state index < -0.39 is 21.3 Å². The summed E-state index contributed by atoms with van der Waals surface area (Å²) in [7, 11) is 0.251. The average Bonchev–Trinajstić information content (AvgIpc) is 2.25. The second-order valence-corrected chi connectivity index (χ2v) is 6.82. The first-order chi connectivity index (χ1) is 8.90. The van der Waals surface area contributed by atoms with Crippen LogP contribution in [0.3, 0.4) is 0 Å². The molecule has 1 amide bonds. The van der Waals surface area contributed by atoms with Gasteiger partial charge in [0.05, 0.1) is 5.25 Å². The van der Waals surface area contributed by atoms with Gasteiger partial charge in [-0.2, -0.15) is 17.8 Å². The van der Waals surface area contributed by atoms with E-state index in [9.17, 15) is 13.2 Å². The molecule has 0 unspecified atom stereocenters. The Hall–Kier alpha value is -1.63. The van der Waals surface area contributed by atoms with Crippen molar-refractivity contribution in [2.75, 3.05) is 19.0 Å². The molecular weight excluding hydrogens is 266 g/mol. The molecular formula is C12H18N3O3S+. The Morgan fingerprint density at radius 1 is 1.32 bits per heavy atom. The van der Waals surface area contributed by atoms with E-state index in [1.54, 1.807) is 24.5 Å². The Kier molecular flexibility index (Phi) is 3.75. The van der Waals surface area contributed by atoms with Gasteiger partial charge in [-0.3, -0.25) is 0 Å². The van der Waals surface area contributed by atoms with Crippen molar-refractivity contribution in [3.63, 3.8) is 0 Å². The van der Waals surface area contributed by atoms with Crippen LogP contribution in [0, 0.1) is 0 Å². The van der Waals surface area contributed by atoms with Gasteiger partial charge in [-0.1, -0.05) is 6.42 Å². The molecule has 1 saturated carbocycles. The fourth-order valence-electron chi connectivity index (χ4n) is 1.79. The Morgan fingerprint density at radius 2 is 1.89 bits per heavy atom. The molecule has 1 fully saturated rings. The van der Waals surface area contributed by atoms with E-state index in [1.165, 1.54) is 4.57 Å². The second-order valence-electron chi connectivity index (χ2n) is 4.86. The first-order valence-corrected chi connectivity index (χ1v) is 7.69. The van der Waals surface area contributed by atoms with E-state index in [0.29, 0.717) is 12.8 Å². The molecule has 104 valence electrons. The first kappa shape index (κ1) is 13.8. The third-order valence-corrected chi connectivity index (χ3v) is 5.09. The minimum absolute atomic E-state index is 0.418. The first-order valence-electron chi connectivity index (χ1n) is 6.15. The van der Waals surface area contributed by atoms with E-state index in [-0.39, 0.29) is 0 Å². The van der Waals surface area contributed by atoms with Crippen LogP contribution in [0.4, 0.5) is 10.5 Å². The van der Waals surface area contributed by atoms with Crippen molar-refractivity contribution in [3.05, 3.63) is 24.5 Å². The highest BCUT2D eigenvalue weighted by Crippen LogP contribution is 2.25. The molecule has 6 nitrogen and oxygen atoms in total. The molecule has 2 rings (SSSR count). The summed E-state index contributed by atoms with van der Waals surface area (Å²) in [4.78, 5) is 13.7. The number of hydrogen-bond acceptors (Lipinski definition) is 4.